The third-order valence-electron chi connectivity index (χ3n) is 3.60. The van der Waals surface area contributed by atoms with Crippen molar-refractivity contribution >= 4 is 40.5 Å². The molecule has 1 amide bonds. The Morgan fingerprint density at radius 3 is 2.70 bits per heavy atom. The minimum atomic E-state index is -1.54. The summed E-state index contributed by atoms with van der Waals surface area (Å²) in [6, 6.07) is 6.93. The summed E-state index contributed by atoms with van der Waals surface area (Å²) in [6.07, 6.45) is 0.0366. The fourth-order valence-corrected chi connectivity index (χ4v) is 3.30. The molecule has 8 nitrogen and oxygen atoms in total. The number of amides is 1. The van der Waals surface area contributed by atoms with Gasteiger partial charge in [-0.1, -0.05) is 29.8 Å². The van der Waals surface area contributed by atoms with Gasteiger partial charge in [-0.05, 0) is 11.6 Å². The van der Waals surface area contributed by atoms with Crippen molar-refractivity contribution in [3.63, 3.8) is 0 Å². The van der Waals surface area contributed by atoms with E-state index < -0.39 is 23.0 Å². The van der Waals surface area contributed by atoms with Crippen molar-refractivity contribution in [2.45, 2.75) is 6.42 Å². The van der Waals surface area contributed by atoms with Crippen molar-refractivity contribution in [1.29, 1.82) is 0 Å². The van der Waals surface area contributed by atoms with Crippen LogP contribution in [0.1, 0.15) is 16.1 Å². The maximum atomic E-state index is 12.3. The Bertz CT molecular complexity index is 1090. The van der Waals surface area contributed by atoms with Crippen molar-refractivity contribution in [3.05, 3.63) is 61.7 Å². The maximum absolute atomic E-state index is 12.3. The normalized spacial score (nSPS) is 10.6. The number of hydrogen-bond donors (Lipinski definition) is 4. The third kappa shape index (κ3) is 3.99. The van der Waals surface area contributed by atoms with Gasteiger partial charge in [0.25, 0.3) is 5.56 Å². The zero-order valence-corrected chi connectivity index (χ0v) is 15.1. The number of carbonyl (C=O) groups excluding carboxylic acids is 1. The van der Waals surface area contributed by atoms with Gasteiger partial charge in [0.15, 0.2) is 5.69 Å². The number of nitrogens with one attached hydrogen (secondary N) is 2. The van der Waals surface area contributed by atoms with Crippen LogP contribution in [-0.4, -0.2) is 32.1 Å². The topological polar surface area (TPSA) is 132 Å². The van der Waals surface area contributed by atoms with Gasteiger partial charge in [-0.25, -0.2) is 9.78 Å². The Hall–Kier alpha value is -3.17. The first kappa shape index (κ1) is 18.6. The van der Waals surface area contributed by atoms with E-state index in [-0.39, 0.29) is 18.2 Å². The van der Waals surface area contributed by atoms with E-state index in [2.05, 4.69) is 15.3 Å². The van der Waals surface area contributed by atoms with Crippen LogP contribution in [0.3, 0.4) is 0 Å². The van der Waals surface area contributed by atoms with Crippen LogP contribution in [0.4, 0.5) is 5.69 Å². The summed E-state index contributed by atoms with van der Waals surface area (Å²) in [6.45, 7) is 0. The highest BCUT2D eigenvalue weighted by Gasteiger charge is 2.20. The lowest BCUT2D eigenvalue weighted by Crippen LogP contribution is -2.17. The van der Waals surface area contributed by atoms with Gasteiger partial charge in [0.05, 0.1) is 17.7 Å². The highest BCUT2D eigenvalue weighted by Crippen LogP contribution is 2.30. The first-order valence-electron chi connectivity index (χ1n) is 7.53. The molecule has 0 aliphatic carbocycles. The number of carboxylic acids is 1. The number of thiophene rings is 1. The second-order valence-electron chi connectivity index (χ2n) is 5.43. The molecule has 0 spiro atoms. The molecule has 0 radical (unpaired) electrons. The van der Waals surface area contributed by atoms with Gasteiger partial charge in [0.2, 0.25) is 11.7 Å². The summed E-state index contributed by atoms with van der Waals surface area (Å²) in [5.41, 5.74) is -0.433. The average Bonchev–Trinajstić information content (AvgIpc) is 3.07. The van der Waals surface area contributed by atoms with E-state index in [0.29, 0.717) is 21.8 Å². The number of carboxylic acid groups (broad SMARTS) is 1. The van der Waals surface area contributed by atoms with E-state index in [1.807, 2.05) is 0 Å². The molecule has 0 bridgehead atoms. The van der Waals surface area contributed by atoms with Gasteiger partial charge >= 0.3 is 5.97 Å². The molecule has 0 aliphatic rings. The van der Waals surface area contributed by atoms with Crippen LogP contribution in [0.15, 0.2) is 39.8 Å². The van der Waals surface area contributed by atoms with Crippen LogP contribution in [0.2, 0.25) is 5.02 Å². The fraction of sp³-hybridized carbons (Fsp3) is 0.0588. The van der Waals surface area contributed by atoms with Crippen LogP contribution in [0.25, 0.3) is 11.4 Å². The Balaban J connectivity index is 1.89. The van der Waals surface area contributed by atoms with E-state index >= 15 is 0 Å². The predicted molar refractivity (Wildman–Crippen MR) is 101 cm³/mol. The van der Waals surface area contributed by atoms with Crippen molar-refractivity contribution in [3.8, 4) is 17.1 Å². The number of rotatable bonds is 5. The van der Waals surface area contributed by atoms with Gasteiger partial charge in [0, 0.05) is 15.8 Å². The molecule has 1 aromatic carbocycles. The van der Waals surface area contributed by atoms with Gasteiger partial charge < -0.3 is 20.5 Å². The first-order chi connectivity index (χ1) is 12.9. The van der Waals surface area contributed by atoms with E-state index in [0.717, 1.165) is 0 Å². The van der Waals surface area contributed by atoms with Crippen LogP contribution in [0.5, 0.6) is 5.75 Å². The number of anilines is 1. The molecule has 3 rings (SSSR count). The smallest absolute Gasteiger partial charge is 0.358 e. The monoisotopic (exact) mass is 405 g/mol. The van der Waals surface area contributed by atoms with Crippen LogP contribution >= 0.6 is 22.9 Å². The lowest BCUT2D eigenvalue weighted by atomic mass is 10.1. The molecule has 0 aliphatic heterocycles. The molecule has 0 saturated heterocycles. The summed E-state index contributed by atoms with van der Waals surface area (Å²) in [4.78, 5) is 41.3. The Labute approximate surface area is 161 Å². The summed E-state index contributed by atoms with van der Waals surface area (Å²) >= 11 is 7.27. The number of H-pyrrole nitrogens is 1. The minimum absolute atomic E-state index is 0.0366. The first-order valence-corrected chi connectivity index (χ1v) is 8.85. The maximum Gasteiger partial charge on any atom is 0.358 e. The van der Waals surface area contributed by atoms with Crippen LogP contribution in [-0.2, 0) is 11.2 Å². The number of aromatic hydroxyl groups is 1. The van der Waals surface area contributed by atoms with E-state index in [4.69, 9.17) is 16.7 Å². The number of halogens is 1. The van der Waals surface area contributed by atoms with Gasteiger partial charge in [0.1, 0.15) is 5.82 Å². The summed E-state index contributed by atoms with van der Waals surface area (Å²) in [5.74, 6) is -2.95. The predicted octanol–water partition coefficient (Wildman–Crippen LogP) is 2.74. The number of aromatic nitrogens is 2. The molecular weight excluding hydrogens is 394 g/mol. The molecule has 2 aromatic heterocycles. The molecule has 0 saturated carbocycles. The number of aromatic amines is 1. The zero-order valence-electron chi connectivity index (χ0n) is 13.5. The SMILES string of the molecule is O=C(Cc1ccccc1Cl)Nc1cscc1-c1nc(C(=O)O)c(O)c(=O)[nH]1. The van der Waals surface area contributed by atoms with E-state index in [9.17, 15) is 19.5 Å². The highest BCUT2D eigenvalue weighted by molar-refractivity contribution is 7.08. The largest absolute Gasteiger partial charge is 0.501 e. The molecule has 3 aromatic rings. The van der Waals surface area contributed by atoms with Crippen molar-refractivity contribution < 1.29 is 19.8 Å². The number of aromatic carboxylic acids is 1. The second kappa shape index (κ2) is 7.60. The second-order valence-corrected chi connectivity index (χ2v) is 6.58. The number of nitrogens with zero attached hydrogens (tertiary/aromatic N) is 1. The Morgan fingerprint density at radius 2 is 2.00 bits per heavy atom. The lowest BCUT2D eigenvalue weighted by Gasteiger charge is -2.08. The number of benzene rings is 1. The van der Waals surface area contributed by atoms with E-state index in [1.165, 1.54) is 11.3 Å². The Kier molecular flexibility index (Phi) is 5.24. The standard InChI is InChI=1S/C17H12ClN3O5S/c18-10-4-2-1-3-8(10)5-12(22)19-11-7-27-6-9(11)15-20-13(17(25)26)14(23)16(24)21-15/h1-4,6-7,23H,5H2,(H,19,22)(H,25,26)(H,20,21,24). The van der Waals surface area contributed by atoms with Gasteiger partial charge in [-0.15, -0.1) is 11.3 Å². The summed E-state index contributed by atoms with van der Waals surface area (Å²) in [7, 11) is 0. The molecule has 0 unspecified atom stereocenters. The van der Waals surface area contributed by atoms with Crippen molar-refractivity contribution in [1.82, 2.24) is 9.97 Å². The van der Waals surface area contributed by atoms with E-state index in [1.54, 1.807) is 35.0 Å². The molecule has 2 heterocycles. The Morgan fingerprint density at radius 1 is 1.26 bits per heavy atom. The molecular formula is C17H12ClN3O5S. The zero-order chi connectivity index (χ0) is 19.6. The van der Waals surface area contributed by atoms with Gasteiger partial charge in [-0.3, -0.25) is 9.59 Å². The minimum Gasteiger partial charge on any atom is -0.501 e. The molecule has 138 valence electrons. The molecule has 0 fully saturated rings. The molecule has 10 heteroatoms. The molecule has 0 atom stereocenters. The summed E-state index contributed by atoms with van der Waals surface area (Å²) in [5, 5.41) is 25.0. The average molecular weight is 406 g/mol. The number of carbonyl (C=O) groups is 2. The summed E-state index contributed by atoms with van der Waals surface area (Å²) < 4.78 is 0. The van der Waals surface area contributed by atoms with Gasteiger partial charge in [-0.2, -0.15) is 0 Å². The molecule has 4 N–H and O–H groups in total. The van der Waals surface area contributed by atoms with Crippen molar-refractivity contribution in [2.24, 2.45) is 0 Å². The lowest BCUT2D eigenvalue weighted by molar-refractivity contribution is -0.115. The third-order valence-corrected chi connectivity index (χ3v) is 4.71. The highest BCUT2D eigenvalue weighted by atomic mass is 35.5. The molecule has 27 heavy (non-hydrogen) atoms. The fourth-order valence-electron chi connectivity index (χ4n) is 2.33. The van der Waals surface area contributed by atoms with Crippen LogP contribution < -0.4 is 10.9 Å². The quantitative estimate of drug-likeness (QED) is 0.516. The van der Waals surface area contributed by atoms with Crippen LogP contribution in [0, 0.1) is 0 Å². The van der Waals surface area contributed by atoms with Crippen molar-refractivity contribution in [2.75, 3.05) is 5.32 Å². The number of hydrogen-bond acceptors (Lipinski definition) is 6.